The predicted molar refractivity (Wildman–Crippen MR) is 108 cm³/mol. The van der Waals surface area contributed by atoms with Gasteiger partial charge in [0.05, 0.1) is 15.7 Å². The van der Waals surface area contributed by atoms with Crippen LogP contribution in [0.4, 0.5) is 30.8 Å². The Kier molecular flexibility index (Phi) is 5.50. The summed E-state index contributed by atoms with van der Waals surface area (Å²) in [5.74, 6) is 0.0642. The molecule has 0 aliphatic rings. The number of aryl methyl sites for hydroxylation is 1. The van der Waals surface area contributed by atoms with E-state index in [0.717, 1.165) is 6.07 Å². The average molecular weight is 439 g/mol. The molecule has 0 saturated heterocycles. The molecule has 7 nitrogen and oxygen atoms in total. The van der Waals surface area contributed by atoms with Crippen molar-refractivity contribution in [2.75, 3.05) is 11.1 Å². The van der Waals surface area contributed by atoms with Gasteiger partial charge < -0.3 is 11.1 Å². The number of anilines is 3. The SMILES string of the molecule is Cc1cc(Nc2n[nH]c(N)n2)cc(C(F)(F)F)c1-c1ccc(S(=O)(=O)C(C)C)cc1. The fraction of sp³-hybridized carbons (Fsp3) is 0.263. The van der Waals surface area contributed by atoms with Crippen molar-refractivity contribution in [3.05, 3.63) is 47.5 Å². The first kappa shape index (κ1) is 21.6. The van der Waals surface area contributed by atoms with Crippen molar-refractivity contribution >= 4 is 27.4 Å². The highest BCUT2D eigenvalue weighted by molar-refractivity contribution is 7.92. The second-order valence-electron chi connectivity index (χ2n) is 7.00. The van der Waals surface area contributed by atoms with E-state index >= 15 is 0 Å². The molecular weight excluding hydrogens is 419 g/mol. The molecule has 0 spiro atoms. The Morgan fingerprint density at radius 2 is 1.77 bits per heavy atom. The Morgan fingerprint density at radius 3 is 2.27 bits per heavy atom. The van der Waals surface area contributed by atoms with Crippen molar-refractivity contribution < 1.29 is 21.6 Å². The predicted octanol–water partition coefficient (Wildman–Crippen LogP) is 4.31. The minimum atomic E-state index is -4.64. The van der Waals surface area contributed by atoms with E-state index in [1.54, 1.807) is 20.8 Å². The van der Waals surface area contributed by atoms with Crippen LogP contribution in [0.25, 0.3) is 11.1 Å². The van der Waals surface area contributed by atoms with Crippen LogP contribution < -0.4 is 11.1 Å². The standard InChI is InChI=1S/C19H20F3N5O2S/c1-10(2)30(28,29)14-6-4-12(5-7-14)16-11(3)8-13(9-15(16)19(20,21)22)24-18-25-17(23)26-27-18/h4-10H,1-3H3,(H4,23,24,25,26,27). The number of nitrogen functional groups attached to an aromatic ring is 1. The third-order valence-electron chi connectivity index (χ3n) is 4.49. The molecule has 3 rings (SSSR count). The Labute approximate surface area is 171 Å². The summed E-state index contributed by atoms with van der Waals surface area (Å²) in [4.78, 5) is 3.88. The van der Waals surface area contributed by atoms with Gasteiger partial charge in [0.25, 0.3) is 0 Å². The van der Waals surface area contributed by atoms with Crippen LogP contribution in [0.3, 0.4) is 0 Å². The second-order valence-corrected chi connectivity index (χ2v) is 9.51. The summed E-state index contributed by atoms with van der Waals surface area (Å²) < 4.78 is 66.1. The molecule has 0 fully saturated rings. The van der Waals surface area contributed by atoms with Crippen LogP contribution in [0.5, 0.6) is 0 Å². The van der Waals surface area contributed by atoms with Gasteiger partial charge in [-0.15, -0.1) is 5.10 Å². The molecule has 0 bridgehead atoms. The van der Waals surface area contributed by atoms with Crippen molar-refractivity contribution in [3.63, 3.8) is 0 Å². The lowest BCUT2D eigenvalue weighted by Crippen LogP contribution is -2.14. The number of hydrogen-bond acceptors (Lipinski definition) is 6. The molecule has 3 aromatic rings. The summed E-state index contributed by atoms with van der Waals surface area (Å²) in [5.41, 5.74) is 5.28. The lowest BCUT2D eigenvalue weighted by Gasteiger charge is -2.18. The van der Waals surface area contributed by atoms with Crippen molar-refractivity contribution in [1.29, 1.82) is 0 Å². The molecular formula is C19H20F3N5O2S. The Bertz CT molecular complexity index is 1170. The van der Waals surface area contributed by atoms with Gasteiger partial charge in [0.15, 0.2) is 9.84 Å². The quantitative estimate of drug-likeness (QED) is 0.546. The van der Waals surface area contributed by atoms with Gasteiger partial charge in [0, 0.05) is 5.69 Å². The first-order valence-corrected chi connectivity index (χ1v) is 10.5. The topological polar surface area (TPSA) is 114 Å². The zero-order chi connectivity index (χ0) is 22.3. The first-order chi connectivity index (χ1) is 13.9. The van der Waals surface area contributed by atoms with Crippen LogP contribution in [0.15, 0.2) is 41.3 Å². The van der Waals surface area contributed by atoms with Crippen LogP contribution in [0.2, 0.25) is 0 Å². The number of halogens is 3. The number of H-pyrrole nitrogens is 1. The number of hydrogen-bond donors (Lipinski definition) is 3. The third kappa shape index (κ3) is 4.25. The highest BCUT2D eigenvalue weighted by atomic mass is 32.2. The van der Waals surface area contributed by atoms with Gasteiger partial charge in [-0.05, 0) is 61.7 Å². The van der Waals surface area contributed by atoms with E-state index in [1.165, 1.54) is 30.3 Å². The zero-order valence-corrected chi connectivity index (χ0v) is 17.2. The van der Waals surface area contributed by atoms with Crippen molar-refractivity contribution in [1.82, 2.24) is 15.2 Å². The van der Waals surface area contributed by atoms with E-state index in [2.05, 4.69) is 20.5 Å². The van der Waals surface area contributed by atoms with Crippen LogP contribution in [0.1, 0.15) is 25.0 Å². The zero-order valence-electron chi connectivity index (χ0n) is 16.4. The summed E-state index contributed by atoms with van der Waals surface area (Å²) in [7, 11) is -3.52. The Morgan fingerprint density at radius 1 is 1.13 bits per heavy atom. The number of nitrogens with zero attached hydrogens (tertiary/aromatic N) is 2. The molecule has 1 aromatic heterocycles. The molecule has 11 heteroatoms. The summed E-state index contributed by atoms with van der Waals surface area (Å²) in [6, 6.07) is 7.90. The molecule has 1 heterocycles. The number of rotatable bonds is 5. The number of alkyl halides is 3. The Balaban J connectivity index is 2.08. The third-order valence-corrected chi connectivity index (χ3v) is 6.66. The van der Waals surface area contributed by atoms with E-state index < -0.39 is 26.8 Å². The molecule has 30 heavy (non-hydrogen) atoms. The van der Waals surface area contributed by atoms with Crippen LogP contribution >= 0.6 is 0 Å². The van der Waals surface area contributed by atoms with Crippen molar-refractivity contribution in [3.8, 4) is 11.1 Å². The maximum absolute atomic E-state index is 13.8. The van der Waals surface area contributed by atoms with Gasteiger partial charge >= 0.3 is 6.18 Å². The van der Waals surface area contributed by atoms with Gasteiger partial charge in [-0.25, -0.2) is 13.5 Å². The van der Waals surface area contributed by atoms with Crippen LogP contribution in [-0.2, 0) is 16.0 Å². The fourth-order valence-corrected chi connectivity index (χ4v) is 4.07. The summed E-state index contributed by atoms with van der Waals surface area (Å²) >= 11 is 0. The number of aromatic nitrogens is 3. The van der Waals surface area contributed by atoms with Gasteiger partial charge in [-0.2, -0.15) is 18.2 Å². The smallest absolute Gasteiger partial charge is 0.368 e. The number of nitrogens with one attached hydrogen (secondary N) is 2. The summed E-state index contributed by atoms with van der Waals surface area (Å²) in [6.45, 7) is 4.63. The van der Waals surface area contributed by atoms with Gasteiger partial charge in [0.2, 0.25) is 11.9 Å². The molecule has 0 saturated carbocycles. The molecule has 4 N–H and O–H groups in total. The minimum absolute atomic E-state index is 0.0262. The van der Waals surface area contributed by atoms with Gasteiger partial charge in [-0.1, -0.05) is 12.1 Å². The molecule has 0 aliphatic heterocycles. The maximum Gasteiger partial charge on any atom is 0.417 e. The normalized spacial score (nSPS) is 12.4. The number of benzene rings is 2. The van der Waals surface area contributed by atoms with E-state index in [-0.39, 0.29) is 33.6 Å². The van der Waals surface area contributed by atoms with E-state index in [1.807, 2.05) is 0 Å². The molecule has 0 amide bonds. The number of sulfone groups is 1. The van der Waals surface area contributed by atoms with E-state index in [0.29, 0.717) is 5.56 Å². The van der Waals surface area contributed by atoms with Gasteiger partial charge in [-0.3, -0.25) is 0 Å². The summed E-state index contributed by atoms with van der Waals surface area (Å²) in [6.07, 6.45) is -4.64. The number of nitrogens with two attached hydrogens (primary N) is 1. The molecule has 160 valence electrons. The highest BCUT2D eigenvalue weighted by Crippen LogP contribution is 2.41. The lowest BCUT2D eigenvalue weighted by atomic mass is 9.94. The summed E-state index contributed by atoms with van der Waals surface area (Å²) in [5, 5.41) is 8.20. The largest absolute Gasteiger partial charge is 0.417 e. The monoisotopic (exact) mass is 439 g/mol. The molecule has 2 aromatic carbocycles. The lowest BCUT2D eigenvalue weighted by molar-refractivity contribution is -0.137. The van der Waals surface area contributed by atoms with Crippen molar-refractivity contribution in [2.45, 2.75) is 37.1 Å². The highest BCUT2D eigenvalue weighted by Gasteiger charge is 2.35. The van der Waals surface area contributed by atoms with E-state index in [4.69, 9.17) is 5.73 Å². The molecule has 0 atom stereocenters. The maximum atomic E-state index is 13.8. The molecule has 0 aliphatic carbocycles. The van der Waals surface area contributed by atoms with E-state index in [9.17, 15) is 21.6 Å². The van der Waals surface area contributed by atoms with Crippen LogP contribution in [-0.4, -0.2) is 28.8 Å². The Hall–Kier alpha value is -3.08. The van der Waals surface area contributed by atoms with Crippen LogP contribution in [0, 0.1) is 6.92 Å². The second kappa shape index (κ2) is 7.63. The molecule has 0 radical (unpaired) electrons. The van der Waals surface area contributed by atoms with Crippen molar-refractivity contribution in [2.24, 2.45) is 0 Å². The molecule has 0 unspecified atom stereocenters. The van der Waals surface area contributed by atoms with Gasteiger partial charge in [0.1, 0.15) is 0 Å². The average Bonchev–Trinajstić information content (AvgIpc) is 3.05. The minimum Gasteiger partial charge on any atom is -0.368 e. The first-order valence-electron chi connectivity index (χ1n) is 8.90. The fourth-order valence-electron chi connectivity index (χ4n) is 3.01. The number of aromatic amines is 1.